The molecule has 2 aromatic heterocycles. The van der Waals surface area contributed by atoms with Crippen LogP contribution in [0.5, 0.6) is 17.2 Å². The molecular weight excluding hydrogens is 921 g/mol. The van der Waals surface area contributed by atoms with Crippen LogP contribution in [0.4, 0.5) is 21.7 Å². The number of aromatic nitrogens is 3. The number of benzene rings is 5. The summed E-state index contributed by atoms with van der Waals surface area (Å²) in [7, 11) is 2.11. The van der Waals surface area contributed by atoms with E-state index in [1.54, 1.807) is 6.07 Å². The van der Waals surface area contributed by atoms with Crippen LogP contribution in [0, 0.1) is 5.82 Å². The summed E-state index contributed by atoms with van der Waals surface area (Å²) in [5.74, 6) is 2.62. The van der Waals surface area contributed by atoms with Gasteiger partial charge in [-0.15, -0.1) is 11.6 Å². The number of carbonyl (C=O) groups is 1. The van der Waals surface area contributed by atoms with Crippen molar-refractivity contribution >= 4 is 57.8 Å². The highest BCUT2D eigenvalue weighted by Gasteiger charge is 2.22. The van der Waals surface area contributed by atoms with Crippen LogP contribution in [0.25, 0.3) is 22.2 Å². The Kier molecular flexibility index (Phi) is 18.5. The van der Waals surface area contributed by atoms with Gasteiger partial charge in [0.05, 0.1) is 12.5 Å². The molecule has 0 atom stereocenters. The topological polar surface area (TPSA) is 88.0 Å². The lowest BCUT2D eigenvalue weighted by Crippen LogP contribution is -2.46. The van der Waals surface area contributed by atoms with Crippen molar-refractivity contribution in [3.05, 3.63) is 156 Å². The Hall–Kier alpha value is -5.98. The molecule has 2 fully saturated rings. The highest BCUT2D eigenvalue weighted by atomic mass is 35.5. The van der Waals surface area contributed by atoms with Crippen LogP contribution in [-0.2, 0) is 17.9 Å². The molecule has 1 N–H and O–H groups in total. The smallest absolute Gasteiger partial charge is 0.229 e. The lowest BCUT2D eigenvalue weighted by molar-refractivity contribution is -0.105. The molecule has 13 heteroatoms. The third-order valence-electron chi connectivity index (χ3n) is 13.1. The van der Waals surface area contributed by atoms with Gasteiger partial charge in [-0.1, -0.05) is 98.3 Å². The average molecular weight is 985 g/mol. The summed E-state index contributed by atoms with van der Waals surface area (Å²) in [5.41, 5.74) is 7.49. The summed E-state index contributed by atoms with van der Waals surface area (Å²) in [6, 6.07) is 40.5. The van der Waals surface area contributed by atoms with Gasteiger partial charge in [-0.25, -0.2) is 9.37 Å². The molecule has 3 heterocycles. The number of carbonyl (C=O) groups excluding carboxylic acids is 1. The molecule has 10 nitrogen and oxygen atoms in total. The first kappa shape index (κ1) is 50.4. The molecular formula is C57H64Cl2FN7O3. The van der Waals surface area contributed by atoms with Gasteiger partial charge in [-0.05, 0) is 116 Å². The van der Waals surface area contributed by atoms with Crippen molar-refractivity contribution in [1.82, 2.24) is 24.3 Å². The van der Waals surface area contributed by atoms with Crippen LogP contribution in [0.15, 0.2) is 134 Å². The van der Waals surface area contributed by atoms with Gasteiger partial charge in [0, 0.05) is 92.1 Å². The van der Waals surface area contributed by atoms with Crippen LogP contribution in [-0.4, -0.2) is 82.9 Å². The van der Waals surface area contributed by atoms with Crippen molar-refractivity contribution in [3.8, 4) is 28.4 Å². The fraction of sp³-hybridized carbons (Fsp3) is 0.351. The fourth-order valence-electron chi connectivity index (χ4n) is 9.37. The van der Waals surface area contributed by atoms with Gasteiger partial charge in [-0.3, -0.25) is 4.90 Å². The Balaban J connectivity index is 0.00000159. The number of alkyl halides is 1. The van der Waals surface area contributed by atoms with E-state index < -0.39 is 5.82 Å². The molecule has 2 aliphatic rings. The maximum atomic E-state index is 14.1. The number of hydrogen-bond acceptors (Lipinski definition) is 9. The summed E-state index contributed by atoms with van der Waals surface area (Å²) in [6.45, 7) is 8.10. The highest BCUT2D eigenvalue weighted by molar-refractivity contribution is 6.30. The predicted octanol–water partition coefficient (Wildman–Crippen LogP) is 13.7. The van der Waals surface area contributed by atoms with Crippen LogP contribution >= 0.6 is 23.2 Å². The Bertz CT molecular complexity index is 2670. The molecule has 7 aromatic rings. The number of halogens is 3. The van der Waals surface area contributed by atoms with Gasteiger partial charge in [0.2, 0.25) is 5.95 Å². The monoisotopic (exact) mass is 983 g/mol. The normalized spacial score (nSPS) is 14.5. The Morgan fingerprint density at radius 3 is 2.16 bits per heavy atom. The number of rotatable bonds is 20. The Morgan fingerprint density at radius 2 is 1.46 bits per heavy atom. The molecule has 366 valence electrons. The molecule has 1 saturated carbocycles. The summed E-state index contributed by atoms with van der Waals surface area (Å²) in [4.78, 5) is 26.1. The number of fused-ring (bicyclic) bond motifs is 1. The lowest BCUT2D eigenvalue weighted by Gasteiger charge is -2.34. The van der Waals surface area contributed by atoms with Crippen LogP contribution in [0.1, 0.15) is 75.0 Å². The van der Waals surface area contributed by atoms with E-state index in [4.69, 9.17) is 42.5 Å². The molecule has 1 aliphatic heterocycles. The predicted molar refractivity (Wildman–Crippen MR) is 284 cm³/mol. The van der Waals surface area contributed by atoms with E-state index in [1.807, 2.05) is 48.7 Å². The van der Waals surface area contributed by atoms with E-state index >= 15 is 0 Å². The van der Waals surface area contributed by atoms with Gasteiger partial charge < -0.3 is 34.0 Å². The SMILES string of the molecule is CN(Cc1ccccc1)c1ccc(Oc2ccc(OCCCCCCN3CCN(Cc4ccc(-c5cn(C6CCCCC6)c6nc(Nc7cc(F)cc(Cl)c7)ncc56)cc4)CC3)cc2)cc1.O=CCCl. The zero-order valence-electron chi connectivity index (χ0n) is 40.1. The van der Waals surface area contributed by atoms with Crippen LogP contribution < -0.4 is 19.7 Å². The van der Waals surface area contributed by atoms with Gasteiger partial charge in [0.1, 0.15) is 35.0 Å². The van der Waals surface area contributed by atoms with Gasteiger partial charge >= 0.3 is 0 Å². The molecule has 9 rings (SSSR count). The maximum absolute atomic E-state index is 14.1. The van der Waals surface area contributed by atoms with Crippen molar-refractivity contribution in [3.63, 3.8) is 0 Å². The van der Waals surface area contributed by atoms with E-state index in [-0.39, 0.29) is 5.88 Å². The first-order valence-electron chi connectivity index (χ1n) is 24.7. The van der Waals surface area contributed by atoms with Crippen molar-refractivity contribution in [2.75, 3.05) is 62.5 Å². The van der Waals surface area contributed by atoms with E-state index in [0.29, 0.717) is 29.0 Å². The lowest BCUT2D eigenvalue weighted by atomic mass is 9.95. The largest absolute Gasteiger partial charge is 0.494 e. The molecule has 5 aromatic carbocycles. The van der Waals surface area contributed by atoms with E-state index in [9.17, 15) is 4.39 Å². The summed E-state index contributed by atoms with van der Waals surface area (Å²) in [6.07, 6.45) is 15.5. The minimum Gasteiger partial charge on any atom is -0.494 e. The molecule has 1 saturated heterocycles. The van der Waals surface area contributed by atoms with Crippen LogP contribution in [0.2, 0.25) is 5.02 Å². The second-order valence-electron chi connectivity index (χ2n) is 18.3. The number of aldehydes is 1. The molecule has 0 radical (unpaired) electrons. The van der Waals surface area contributed by atoms with E-state index in [1.165, 1.54) is 61.8 Å². The number of hydrogen-bond donors (Lipinski definition) is 1. The number of nitrogens with zero attached hydrogens (tertiary/aromatic N) is 6. The van der Waals surface area contributed by atoms with Crippen LogP contribution in [0.3, 0.4) is 0 Å². The molecule has 0 spiro atoms. The zero-order valence-corrected chi connectivity index (χ0v) is 41.6. The second kappa shape index (κ2) is 25.8. The summed E-state index contributed by atoms with van der Waals surface area (Å²) in [5, 5.41) is 4.51. The van der Waals surface area contributed by atoms with Gasteiger partial charge in [0.25, 0.3) is 0 Å². The molecule has 70 heavy (non-hydrogen) atoms. The zero-order chi connectivity index (χ0) is 48.5. The molecule has 0 amide bonds. The van der Waals surface area contributed by atoms with Crippen molar-refractivity contribution < 1.29 is 18.7 Å². The number of nitrogens with one attached hydrogen (secondary N) is 1. The molecule has 0 unspecified atom stereocenters. The van der Waals surface area contributed by atoms with Crippen molar-refractivity contribution in [1.29, 1.82) is 0 Å². The minimum absolute atomic E-state index is 0.111. The third-order valence-corrected chi connectivity index (χ3v) is 13.4. The molecule has 1 aliphatic carbocycles. The Labute approximate surface area is 422 Å². The third kappa shape index (κ3) is 14.5. The number of piperazine rings is 1. The number of anilines is 3. The van der Waals surface area contributed by atoms with Crippen molar-refractivity contribution in [2.45, 2.75) is 76.9 Å². The van der Waals surface area contributed by atoms with Gasteiger partial charge in [-0.2, -0.15) is 4.98 Å². The Morgan fingerprint density at radius 1 is 0.786 bits per heavy atom. The van der Waals surface area contributed by atoms with E-state index in [0.717, 1.165) is 117 Å². The highest BCUT2D eigenvalue weighted by Crippen LogP contribution is 2.37. The summed E-state index contributed by atoms with van der Waals surface area (Å²) < 4.78 is 28.6. The first-order valence-corrected chi connectivity index (χ1v) is 25.6. The average Bonchev–Trinajstić information content (AvgIpc) is 3.76. The summed E-state index contributed by atoms with van der Waals surface area (Å²) >= 11 is 10.9. The van der Waals surface area contributed by atoms with Crippen molar-refractivity contribution in [2.24, 2.45) is 0 Å². The first-order chi connectivity index (χ1) is 34.3. The fourth-order valence-corrected chi connectivity index (χ4v) is 9.59. The molecule has 0 bridgehead atoms. The quantitative estimate of drug-likeness (QED) is 0.0456. The minimum atomic E-state index is -0.405. The maximum Gasteiger partial charge on any atom is 0.229 e. The number of unbranched alkanes of at least 4 members (excludes halogenated alkanes) is 3. The van der Waals surface area contributed by atoms with E-state index in [2.05, 4.69) is 103 Å². The second-order valence-corrected chi connectivity index (χ2v) is 19.0. The van der Waals surface area contributed by atoms with Gasteiger partial charge in [0.15, 0.2) is 0 Å². The number of ether oxygens (including phenoxy) is 2. The standard InChI is InChI=1S/C55H61ClFN7O2.C2H3ClO/c1-61(38-41-12-6-4-7-13-41)47-20-22-50(23-21-47)66-51-26-24-49(25-27-51)65-33-11-3-2-10-28-62-29-31-63(32-30-62)39-42-16-18-43(19-17-42)53-40-64(48-14-8-5-9-15-48)54-52(53)37-58-55(60-54)59-46-35-44(56)34-45(57)36-46;3-1-2-4/h4,6-7,12-13,16-27,34-37,40,48H,2-3,5,8-11,14-15,28-33,38-39H2,1H3,(H,58,59,60);2H,1H2.